The van der Waals surface area contributed by atoms with Crippen molar-refractivity contribution in [2.45, 2.75) is 66.1 Å². The largest absolute Gasteiger partial charge is 0.493 e. The van der Waals surface area contributed by atoms with Crippen molar-refractivity contribution < 1.29 is 14.3 Å². The van der Waals surface area contributed by atoms with Crippen LogP contribution in [0.5, 0.6) is 17.4 Å². The molecule has 0 unspecified atom stereocenters. The Kier molecular flexibility index (Phi) is 7.87. The monoisotopic (exact) mass is 464 g/mol. The lowest BCUT2D eigenvalue weighted by Gasteiger charge is -2.32. The van der Waals surface area contributed by atoms with Crippen molar-refractivity contribution in [2.75, 3.05) is 7.11 Å². The number of amides is 2. The maximum absolute atomic E-state index is 13.2. The van der Waals surface area contributed by atoms with Gasteiger partial charge < -0.3 is 19.7 Å². The van der Waals surface area contributed by atoms with Crippen LogP contribution >= 0.6 is 0 Å². The molecule has 0 aliphatic heterocycles. The highest BCUT2D eigenvalue weighted by Crippen LogP contribution is 2.36. The van der Waals surface area contributed by atoms with Crippen molar-refractivity contribution in [2.24, 2.45) is 0 Å². The lowest BCUT2D eigenvalue weighted by atomic mass is 10.1. The number of benzene rings is 2. The molecular formula is C27H36N4O3. The summed E-state index contributed by atoms with van der Waals surface area (Å²) in [6.07, 6.45) is 0.826. The van der Waals surface area contributed by atoms with Gasteiger partial charge in [0.25, 0.3) is 0 Å². The average Bonchev–Trinajstić information content (AvgIpc) is 3.11. The van der Waals surface area contributed by atoms with Crippen LogP contribution in [0.2, 0.25) is 0 Å². The summed E-state index contributed by atoms with van der Waals surface area (Å²) in [6.45, 7) is 12.4. The lowest BCUT2D eigenvalue weighted by molar-refractivity contribution is 0.164. The van der Waals surface area contributed by atoms with E-state index in [1.165, 1.54) is 0 Å². The number of nitrogens with zero attached hydrogens (tertiary/aromatic N) is 3. The Morgan fingerprint density at radius 2 is 1.71 bits per heavy atom. The third-order valence-corrected chi connectivity index (χ3v) is 5.61. The van der Waals surface area contributed by atoms with Crippen LogP contribution < -0.4 is 14.8 Å². The Labute approximate surface area is 202 Å². The van der Waals surface area contributed by atoms with Crippen LogP contribution in [0.25, 0.3) is 5.69 Å². The summed E-state index contributed by atoms with van der Waals surface area (Å²) in [7, 11) is 1.62. The van der Waals surface area contributed by atoms with E-state index in [0.717, 1.165) is 23.4 Å². The van der Waals surface area contributed by atoms with Crippen LogP contribution in [0.3, 0.4) is 0 Å². The van der Waals surface area contributed by atoms with Gasteiger partial charge in [-0.15, -0.1) is 0 Å². The van der Waals surface area contributed by atoms with Gasteiger partial charge in [-0.05, 0) is 65.3 Å². The van der Waals surface area contributed by atoms with Gasteiger partial charge in [-0.25, -0.2) is 9.48 Å². The molecule has 0 fully saturated rings. The molecule has 1 aromatic heterocycles. The highest BCUT2D eigenvalue weighted by atomic mass is 16.5. The second-order valence-electron chi connectivity index (χ2n) is 9.43. The second kappa shape index (κ2) is 10.6. The van der Waals surface area contributed by atoms with Crippen molar-refractivity contribution >= 4 is 6.03 Å². The van der Waals surface area contributed by atoms with Crippen molar-refractivity contribution in [3.63, 3.8) is 0 Å². The third kappa shape index (κ3) is 5.90. The van der Waals surface area contributed by atoms with Gasteiger partial charge in [0.1, 0.15) is 0 Å². The van der Waals surface area contributed by atoms with E-state index in [0.29, 0.717) is 23.9 Å². The van der Waals surface area contributed by atoms with E-state index in [2.05, 4.69) is 19.2 Å². The molecule has 3 aromatic rings. The molecule has 0 radical (unpaired) electrons. The van der Waals surface area contributed by atoms with E-state index in [-0.39, 0.29) is 17.6 Å². The Morgan fingerprint density at radius 3 is 2.29 bits per heavy atom. The highest BCUT2D eigenvalue weighted by molar-refractivity contribution is 5.75. The van der Waals surface area contributed by atoms with Gasteiger partial charge in [0, 0.05) is 11.6 Å². The van der Waals surface area contributed by atoms with E-state index >= 15 is 0 Å². The molecule has 7 heteroatoms. The summed E-state index contributed by atoms with van der Waals surface area (Å²) >= 11 is 0. The molecule has 1 N–H and O–H groups in total. The van der Waals surface area contributed by atoms with E-state index in [1.54, 1.807) is 11.8 Å². The number of ether oxygens (including phenoxy) is 2. The lowest BCUT2D eigenvalue weighted by Crippen LogP contribution is -2.50. The van der Waals surface area contributed by atoms with Crippen LogP contribution in [0.1, 0.15) is 52.3 Å². The Morgan fingerprint density at radius 1 is 1.09 bits per heavy atom. The van der Waals surface area contributed by atoms with Gasteiger partial charge in [-0.2, -0.15) is 5.10 Å². The van der Waals surface area contributed by atoms with Crippen molar-refractivity contribution in [3.05, 3.63) is 65.9 Å². The molecule has 0 bridgehead atoms. The summed E-state index contributed by atoms with van der Waals surface area (Å²) in [5.41, 5.74) is 2.17. The molecule has 1 heterocycles. The van der Waals surface area contributed by atoms with Gasteiger partial charge in [-0.3, -0.25) is 0 Å². The molecule has 0 saturated heterocycles. The molecule has 7 nitrogen and oxygen atoms in total. The molecule has 3 rings (SSSR count). The Bertz CT molecular complexity index is 1100. The van der Waals surface area contributed by atoms with Crippen molar-refractivity contribution in [3.8, 4) is 23.1 Å². The quantitative estimate of drug-likeness (QED) is 0.438. The number of aromatic nitrogens is 2. The number of urea groups is 1. The predicted octanol–water partition coefficient (Wildman–Crippen LogP) is 6.09. The SMILES string of the molecule is CC[C@@H](C)N(Cc1c(C)nn(-c2ccccc2)c1Oc1ccccc1OC)C(=O)NC(C)(C)C. The molecule has 0 saturated carbocycles. The first-order valence-electron chi connectivity index (χ1n) is 11.7. The zero-order valence-corrected chi connectivity index (χ0v) is 21.3. The Balaban J connectivity index is 2.10. The standard InChI is InChI=1S/C27H36N4O3/c1-8-19(2)30(26(32)28-27(4,5)6)18-22-20(3)29-31(21-14-10-9-11-15-21)25(22)34-24-17-13-12-16-23(24)33-7/h9-17,19H,8,18H2,1-7H3,(H,28,32)/t19-/m1/s1. The normalized spacial score (nSPS) is 12.2. The minimum Gasteiger partial charge on any atom is -0.493 e. The highest BCUT2D eigenvalue weighted by Gasteiger charge is 2.28. The molecule has 182 valence electrons. The molecule has 2 amide bonds. The number of aryl methyl sites for hydroxylation is 1. The molecule has 0 aliphatic carbocycles. The van der Waals surface area contributed by atoms with Crippen molar-refractivity contribution in [1.82, 2.24) is 20.0 Å². The van der Waals surface area contributed by atoms with Crippen molar-refractivity contribution in [1.29, 1.82) is 0 Å². The maximum Gasteiger partial charge on any atom is 0.318 e. The minimum absolute atomic E-state index is 0.0286. The summed E-state index contributed by atoms with van der Waals surface area (Å²) in [6, 6.07) is 17.3. The molecule has 0 aliphatic rings. The van der Waals surface area contributed by atoms with E-state index < -0.39 is 0 Å². The maximum atomic E-state index is 13.2. The minimum atomic E-state index is -0.344. The van der Waals surface area contributed by atoms with Crippen LogP contribution in [0, 0.1) is 6.92 Å². The Hall–Kier alpha value is -3.48. The van der Waals surface area contributed by atoms with Crippen LogP contribution in [-0.4, -0.2) is 39.4 Å². The van der Waals surface area contributed by atoms with Gasteiger partial charge in [0.2, 0.25) is 5.88 Å². The average molecular weight is 465 g/mol. The molecular weight excluding hydrogens is 428 g/mol. The molecule has 0 spiro atoms. The first-order valence-corrected chi connectivity index (χ1v) is 11.7. The summed E-state index contributed by atoms with van der Waals surface area (Å²) in [5.74, 6) is 1.76. The number of carbonyl (C=O) groups excluding carboxylic acids is 1. The summed E-state index contributed by atoms with van der Waals surface area (Å²) in [4.78, 5) is 15.1. The van der Waals surface area contributed by atoms with E-state index in [1.807, 2.05) is 87.2 Å². The summed E-state index contributed by atoms with van der Waals surface area (Å²) < 4.78 is 13.7. The number of carbonyl (C=O) groups is 1. The second-order valence-corrected chi connectivity index (χ2v) is 9.43. The van der Waals surface area contributed by atoms with Gasteiger partial charge >= 0.3 is 6.03 Å². The van der Waals surface area contributed by atoms with Gasteiger partial charge in [0.15, 0.2) is 11.5 Å². The number of hydrogen-bond donors (Lipinski definition) is 1. The summed E-state index contributed by atoms with van der Waals surface area (Å²) in [5, 5.41) is 7.90. The fraction of sp³-hybridized carbons (Fsp3) is 0.407. The first-order chi connectivity index (χ1) is 16.1. The third-order valence-electron chi connectivity index (χ3n) is 5.61. The van der Waals surface area contributed by atoms with Gasteiger partial charge in [0.05, 0.1) is 30.6 Å². The van der Waals surface area contributed by atoms with Crippen LogP contribution in [0.4, 0.5) is 4.79 Å². The first kappa shape index (κ1) is 25.1. The molecule has 1 atom stereocenters. The number of nitrogens with one attached hydrogen (secondary N) is 1. The van der Waals surface area contributed by atoms with E-state index in [9.17, 15) is 4.79 Å². The predicted molar refractivity (Wildman–Crippen MR) is 135 cm³/mol. The van der Waals surface area contributed by atoms with Crippen LogP contribution in [0.15, 0.2) is 54.6 Å². The fourth-order valence-corrected chi connectivity index (χ4v) is 3.59. The zero-order valence-electron chi connectivity index (χ0n) is 21.3. The number of hydrogen-bond acceptors (Lipinski definition) is 4. The number of para-hydroxylation sites is 3. The molecule has 2 aromatic carbocycles. The fourth-order valence-electron chi connectivity index (χ4n) is 3.59. The van der Waals surface area contributed by atoms with Gasteiger partial charge in [-0.1, -0.05) is 37.3 Å². The zero-order chi connectivity index (χ0) is 24.9. The smallest absolute Gasteiger partial charge is 0.318 e. The molecule has 34 heavy (non-hydrogen) atoms. The topological polar surface area (TPSA) is 68.6 Å². The number of methoxy groups -OCH3 is 1. The van der Waals surface area contributed by atoms with Crippen LogP contribution in [-0.2, 0) is 6.54 Å². The van der Waals surface area contributed by atoms with E-state index in [4.69, 9.17) is 14.6 Å². The number of rotatable bonds is 8.